The first kappa shape index (κ1) is 29.4. The zero-order chi connectivity index (χ0) is 10.1. The van der Waals surface area contributed by atoms with Gasteiger partial charge in [0.25, 0.3) is 0 Å². The quantitative estimate of drug-likeness (QED) is 0.506. The first-order valence-corrected chi connectivity index (χ1v) is 3.55. The molecule has 0 saturated carbocycles. The number of nitrogens with two attached hydrogens (primary N) is 2. The van der Waals surface area contributed by atoms with Crippen LogP contribution in [-0.2, 0) is 32.7 Å². The molecule has 0 aromatic carbocycles. The fraction of sp³-hybridized carbons (Fsp3) is 0.556. The molecule has 0 aliphatic heterocycles. The summed E-state index contributed by atoms with van der Waals surface area (Å²) in [6.45, 7) is 10.5. The van der Waals surface area contributed by atoms with E-state index in [1.54, 1.807) is 6.92 Å². The van der Waals surface area contributed by atoms with Crippen molar-refractivity contribution >= 4 is 0 Å². The van der Waals surface area contributed by atoms with E-state index in [-0.39, 0.29) is 32.7 Å². The van der Waals surface area contributed by atoms with Gasteiger partial charge in [0.1, 0.15) is 0 Å². The molecule has 0 atom stereocenters. The molecule has 0 aromatic rings. The summed E-state index contributed by atoms with van der Waals surface area (Å²) in [6, 6.07) is 0. The average molecular weight is 248 g/mol. The van der Waals surface area contributed by atoms with Gasteiger partial charge in [-0.1, -0.05) is 19.1 Å². The standard InChI is InChI=1S/C4H8.C3H5.2CH5N.Y/c1-3-4-2;1-3-2;2*1-2;/h3-4H,1-2H3;1,3H,2H3;2*2H2,1H3;/q;-1;;;. The molecular weight excluding hydrogens is 225 g/mol. The van der Waals surface area contributed by atoms with Crippen molar-refractivity contribution < 1.29 is 32.7 Å². The molecule has 12 heavy (non-hydrogen) atoms. The Hall–Kier alpha value is 0.504. The van der Waals surface area contributed by atoms with E-state index in [4.69, 9.17) is 6.58 Å². The van der Waals surface area contributed by atoms with Gasteiger partial charge in [-0.25, -0.2) is 0 Å². The summed E-state index contributed by atoms with van der Waals surface area (Å²) in [4.78, 5) is 0. The second-order valence-corrected chi connectivity index (χ2v) is 1.00. The summed E-state index contributed by atoms with van der Waals surface area (Å²) >= 11 is 0. The molecule has 3 heteroatoms. The van der Waals surface area contributed by atoms with Crippen LogP contribution in [0.25, 0.3) is 0 Å². The van der Waals surface area contributed by atoms with Gasteiger partial charge >= 0.3 is 0 Å². The summed E-state index contributed by atoms with van der Waals surface area (Å²) in [6.07, 6.45) is 5.50. The van der Waals surface area contributed by atoms with Crippen LogP contribution in [-0.4, -0.2) is 14.1 Å². The van der Waals surface area contributed by atoms with Crippen LogP contribution in [0, 0.1) is 6.58 Å². The predicted molar refractivity (Wildman–Crippen MR) is 55.3 cm³/mol. The van der Waals surface area contributed by atoms with Gasteiger partial charge in [-0.15, -0.1) is 0 Å². The average Bonchev–Trinajstić information content (AvgIpc) is 2.12. The number of allylic oxidation sites excluding steroid dienone is 3. The monoisotopic (exact) mass is 248 g/mol. The Morgan fingerprint density at radius 1 is 0.833 bits per heavy atom. The topological polar surface area (TPSA) is 52.0 Å². The second kappa shape index (κ2) is 103. The van der Waals surface area contributed by atoms with Crippen LogP contribution in [0.3, 0.4) is 0 Å². The maximum absolute atomic E-state index is 4.72. The molecule has 4 N–H and O–H groups in total. The minimum Gasteiger partial charge on any atom is -0.518 e. The van der Waals surface area contributed by atoms with Crippen LogP contribution in [0.15, 0.2) is 18.2 Å². The molecule has 0 rings (SSSR count). The fourth-order valence-electron chi connectivity index (χ4n) is 0. The van der Waals surface area contributed by atoms with Crippen molar-refractivity contribution in [1.29, 1.82) is 0 Å². The molecule has 0 unspecified atom stereocenters. The first-order chi connectivity index (χ1) is 5.33. The third-order valence-corrected chi connectivity index (χ3v) is 0.333. The molecule has 0 spiro atoms. The van der Waals surface area contributed by atoms with Gasteiger partial charge in [-0.3, -0.25) is 6.08 Å². The van der Waals surface area contributed by atoms with Gasteiger partial charge in [0.05, 0.1) is 0 Å². The second-order valence-electron chi connectivity index (χ2n) is 1.00. The predicted octanol–water partition coefficient (Wildman–Crippen LogP) is 1.73. The molecule has 0 fully saturated rings. The van der Waals surface area contributed by atoms with Crippen LogP contribution in [0.1, 0.15) is 20.8 Å². The van der Waals surface area contributed by atoms with Crippen molar-refractivity contribution in [2.75, 3.05) is 14.1 Å². The van der Waals surface area contributed by atoms with Crippen molar-refractivity contribution in [2.45, 2.75) is 20.8 Å². The van der Waals surface area contributed by atoms with Gasteiger partial charge in [0.2, 0.25) is 0 Å². The normalized spacial score (nSPS) is 5.25. The molecule has 0 saturated heterocycles. The van der Waals surface area contributed by atoms with Gasteiger partial charge in [-0.2, -0.15) is 0 Å². The Kier molecular flexibility index (Phi) is 253. The van der Waals surface area contributed by atoms with Gasteiger partial charge < -0.3 is 18.0 Å². The van der Waals surface area contributed by atoms with E-state index in [2.05, 4.69) is 11.5 Å². The Bertz CT molecular complexity index is 50.5. The van der Waals surface area contributed by atoms with Crippen molar-refractivity contribution in [3.05, 3.63) is 24.8 Å². The maximum Gasteiger partial charge on any atom is 0 e. The van der Waals surface area contributed by atoms with E-state index >= 15 is 0 Å². The maximum atomic E-state index is 4.72. The zero-order valence-corrected chi connectivity index (χ0v) is 11.9. The number of hydrogen-bond donors (Lipinski definition) is 2. The van der Waals surface area contributed by atoms with Crippen LogP contribution in [0.4, 0.5) is 0 Å². The van der Waals surface area contributed by atoms with Crippen molar-refractivity contribution in [2.24, 2.45) is 11.5 Å². The first-order valence-electron chi connectivity index (χ1n) is 3.55. The minimum atomic E-state index is 0. The molecule has 0 heterocycles. The third kappa shape index (κ3) is 419. The Labute approximate surface area is 103 Å². The van der Waals surface area contributed by atoms with Crippen LogP contribution < -0.4 is 11.5 Å². The fourth-order valence-corrected chi connectivity index (χ4v) is 0. The summed E-state index contributed by atoms with van der Waals surface area (Å²) < 4.78 is 0. The van der Waals surface area contributed by atoms with E-state index in [1.807, 2.05) is 26.0 Å². The molecule has 0 aliphatic carbocycles. The van der Waals surface area contributed by atoms with E-state index < -0.39 is 0 Å². The smallest absolute Gasteiger partial charge is 0 e. The summed E-state index contributed by atoms with van der Waals surface area (Å²) in [5.74, 6) is 0. The zero-order valence-electron chi connectivity index (χ0n) is 9.04. The Balaban J connectivity index is -0.0000000186. The van der Waals surface area contributed by atoms with E-state index in [0.29, 0.717) is 0 Å². The molecule has 0 amide bonds. The van der Waals surface area contributed by atoms with Gasteiger partial charge in [0.15, 0.2) is 0 Å². The van der Waals surface area contributed by atoms with Gasteiger partial charge in [0, 0.05) is 32.7 Å². The van der Waals surface area contributed by atoms with Gasteiger partial charge in [-0.05, 0) is 27.9 Å². The number of hydrogen-bond acceptors (Lipinski definition) is 2. The Morgan fingerprint density at radius 3 is 0.917 bits per heavy atom. The van der Waals surface area contributed by atoms with Crippen LogP contribution in [0.5, 0.6) is 0 Å². The molecule has 1 radical (unpaired) electrons. The van der Waals surface area contributed by atoms with Crippen molar-refractivity contribution in [3.8, 4) is 0 Å². The summed E-state index contributed by atoms with van der Waals surface area (Å²) in [5.41, 5.74) is 9.00. The Morgan fingerprint density at radius 2 is 0.917 bits per heavy atom. The third-order valence-electron chi connectivity index (χ3n) is 0.333. The van der Waals surface area contributed by atoms with E-state index in [0.717, 1.165) is 0 Å². The molecule has 2 nitrogen and oxygen atoms in total. The van der Waals surface area contributed by atoms with E-state index in [9.17, 15) is 0 Å². The molecule has 0 aliphatic rings. The molecule has 73 valence electrons. The SMILES string of the molecule is CC=CC.CN.CN.[CH-]=CC.[Y]. The van der Waals surface area contributed by atoms with Crippen molar-refractivity contribution in [1.82, 2.24) is 0 Å². The minimum absolute atomic E-state index is 0. The summed E-state index contributed by atoms with van der Waals surface area (Å²) in [7, 11) is 3.00. The largest absolute Gasteiger partial charge is 0.518 e. The molecular formula is C9H23N2Y-. The van der Waals surface area contributed by atoms with Crippen molar-refractivity contribution in [3.63, 3.8) is 0 Å². The van der Waals surface area contributed by atoms with Crippen LogP contribution >= 0.6 is 0 Å². The number of rotatable bonds is 0. The van der Waals surface area contributed by atoms with Crippen LogP contribution in [0.2, 0.25) is 0 Å². The van der Waals surface area contributed by atoms with E-state index in [1.165, 1.54) is 20.2 Å². The molecule has 0 aromatic heterocycles. The summed E-state index contributed by atoms with van der Waals surface area (Å²) in [5, 5.41) is 0. The molecule has 0 bridgehead atoms.